The Hall–Kier alpha value is -4.78. The van der Waals surface area contributed by atoms with Crippen LogP contribution in [0.2, 0.25) is 0 Å². The van der Waals surface area contributed by atoms with Crippen LogP contribution in [0.1, 0.15) is 287 Å². The van der Waals surface area contributed by atoms with E-state index < -0.39 is 20.8 Å². The van der Waals surface area contributed by atoms with Gasteiger partial charge in [0, 0.05) is 0 Å². The van der Waals surface area contributed by atoms with Gasteiger partial charge in [-0.2, -0.15) is 0 Å². The summed E-state index contributed by atoms with van der Waals surface area (Å²) < 4.78 is 0. The zero-order valence-corrected chi connectivity index (χ0v) is 65.9. The third kappa shape index (κ3) is 14.6. The van der Waals surface area contributed by atoms with Crippen LogP contribution in [0.25, 0.3) is 45.6 Å². The molecular formula is C94H114Cl2Zr. The van der Waals surface area contributed by atoms with Crippen molar-refractivity contribution in [3.63, 3.8) is 0 Å². The zero-order chi connectivity index (χ0) is 66.3. The first-order chi connectivity index (χ1) is 45.5. The van der Waals surface area contributed by atoms with Crippen molar-refractivity contribution in [2.75, 3.05) is 0 Å². The summed E-state index contributed by atoms with van der Waals surface area (Å²) in [6, 6.07) is 39.8. The van der Waals surface area contributed by atoms with Crippen molar-refractivity contribution in [2.45, 2.75) is 258 Å². The van der Waals surface area contributed by atoms with E-state index in [1.165, 1.54) is 206 Å². The molecule has 10 aliphatic carbocycles. The maximum absolute atomic E-state index is 4.93. The Morgan fingerprint density at radius 2 is 0.691 bits per heavy atom. The van der Waals surface area contributed by atoms with Gasteiger partial charge in [0.05, 0.1) is 0 Å². The fourth-order valence-corrected chi connectivity index (χ4v) is 19.5. The Balaban J connectivity index is 0.000000174. The van der Waals surface area contributed by atoms with Crippen molar-refractivity contribution >= 4 is 40.3 Å². The van der Waals surface area contributed by atoms with Crippen molar-refractivity contribution in [3.05, 3.63) is 248 Å². The first-order valence-corrected chi connectivity index (χ1v) is 43.9. The van der Waals surface area contributed by atoms with Crippen LogP contribution in [-0.4, -0.2) is 0 Å². The summed E-state index contributed by atoms with van der Waals surface area (Å²) in [5, 5.41) is 0. The van der Waals surface area contributed by atoms with E-state index in [0.717, 1.165) is 36.5 Å². The minimum absolute atomic E-state index is 0. The van der Waals surface area contributed by atoms with E-state index in [4.69, 9.17) is 17.0 Å². The Morgan fingerprint density at radius 3 is 1.07 bits per heavy atom. The van der Waals surface area contributed by atoms with Crippen molar-refractivity contribution in [1.82, 2.24) is 0 Å². The standard InChI is InChI=1S/C46H58.C46H50.2CH3.2ClH.Zr/c2*1-45(2,3)35-19-21-39(43(27-35)33-23-31-17-15-29-11-7-9-13-37(29)41(31)25-33)40-22-20-36(46(4,5)6)28-44(40)34-24-32-18-16-30-12-8-10-14-38(30)42(32)26-34;;;;;/h15-22,27-28,31-34,41-42H,7-14,23-26H2,1-6H3;15-24,27-28H,7-14,25-26H2,1-6H3;2*1H3;2*1H;/q;;2*-1;;;+4/p-2. The van der Waals surface area contributed by atoms with E-state index in [0.29, 0.717) is 11.8 Å². The first-order valence-electron chi connectivity index (χ1n) is 37.5. The fourth-order valence-electron chi connectivity index (χ4n) is 19.5. The van der Waals surface area contributed by atoms with Gasteiger partial charge in [0.15, 0.2) is 0 Å². The number of fused-ring (bicyclic) bond motifs is 10. The normalized spacial score (nSPS) is 22.8. The molecule has 6 atom stereocenters. The van der Waals surface area contributed by atoms with Crippen LogP contribution in [0.3, 0.4) is 0 Å². The molecule has 0 saturated heterocycles. The number of rotatable bonds is 6. The summed E-state index contributed by atoms with van der Waals surface area (Å²) in [5.74, 6) is 4.23. The molecule has 0 nitrogen and oxygen atoms in total. The molecule has 0 aromatic heterocycles. The summed E-state index contributed by atoms with van der Waals surface area (Å²) in [5.41, 5.74) is 40.9. The molecule has 6 unspecified atom stereocenters. The molecule has 2 saturated carbocycles. The molecular weight excluding hydrogens is 1290 g/mol. The minimum atomic E-state index is -0.826. The molecule has 2 fully saturated rings. The Morgan fingerprint density at radius 1 is 0.351 bits per heavy atom. The topological polar surface area (TPSA) is 0 Å². The molecule has 508 valence electrons. The van der Waals surface area contributed by atoms with Gasteiger partial charge in [-0.1, -0.05) is 228 Å². The van der Waals surface area contributed by atoms with E-state index in [1.807, 2.05) is 11.1 Å². The van der Waals surface area contributed by atoms with Gasteiger partial charge in [0.2, 0.25) is 0 Å². The van der Waals surface area contributed by atoms with Crippen LogP contribution in [0, 0.1) is 38.5 Å². The molecule has 6 aromatic rings. The van der Waals surface area contributed by atoms with Crippen LogP contribution < -0.4 is 0 Å². The number of hydrogen-bond acceptors (Lipinski definition) is 0. The van der Waals surface area contributed by atoms with Crippen LogP contribution in [-0.2, 0) is 81.0 Å². The molecule has 0 radical (unpaired) electrons. The number of halogens is 2. The van der Waals surface area contributed by atoms with E-state index >= 15 is 0 Å². The SMILES string of the molecule is CC(C)(C)c1ccc(-c2ccc(C(C)(C)C)cc2C2=Cc3ccc4c(c3C2)CCCC4)c(C2=Cc3ccc4c(c3C2)CCCC4)c1.CC(C)(C)c1ccc(-c2ccc(C(C)(C)C)cc2C2CC3C=CC4=C(CCCC4)C3C2)c(C2CC3C=CC4=C(CCCC4)C3C2)c1.[CH3-].[CH3-].[Cl][Zr+2][Cl]. The monoisotopic (exact) mass is 1400 g/mol. The number of allylic oxidation sites excluding steroid dienone is 10. The molecule has 0 N–H and O–H groups in total. The van der Waals surface area contributed by atoms with Crippen molar-refractivity contribution in [2.24, 2.45) is 23.7 Å². The van der Waals surface area contributed by atoms with E-state index in [9.17, 15) is 0 Å². The van der Waals surface area contributed by atoms with Crippen LogP contribution in [0.5, 0.6) is 0 Å². The molecule has 10 aliphatic rings. The van der Waals surface area contributed by atoms with Gasteiger partial charge in [-0.15, -0.1) is 0 Å². The third-order valence-electron chi connectivity index (χ3n) is 24.8. The second-order valence-corrected chi connectivity index (χ2v) is 38.7. The molecule has 97 heavy (non-hydrogen) atoms. The number of aryl methyl sites for hydroxylation is 2. The summed E-state index contributed by atoms with van der Waals surface area (Å²) in [6.07, 6.45) is 43.9. The fraction of sp³-hybridized carbons (Fsp3) is 0.468. The average molecular weight is 1410 g/mol. The van der Waals surface area contributed by atoms with Gasteiger partial charge < -0.3 is 14.9 Å². The van der Waals surface area contributed by atoms with Gasteiger partial charge in [-0.25, -0.2) is 0 Å². The molecule has 0 aliphatic heterocycles. The number of benzene rings is 6. The first kappa shape index (κ1) is 72.0. The molecule has 16 rings (SSSR count). The Labute approximate surface area is 607 Å². The molecule has 0 bridgehead atoms. The Kier molecular flexibility index (Phi) is 21.5. The predicted molar refractivity (Wildman–Crippen MR) is 420 cm³/mol. The second-order valence-electron chi connectivity index (χ2n) is 35.0. The zero-order valence-electron chi connectivity index (χ0n) is 62.0. The number of hydrogen-bond donors (Lipinski definition) is 0. The average Bonchev–Trinajstić information content (AvgIpc) is 1.65. The van der Waals surface area contributed by atoms with E-state index in [1.54, 1.807) is 55.7 Å². The van der Waals surface area contributed by atoms with Crippen molar-refractivity contribution in [3.8, 4) is 22.3 Å². The van der Waals surface area contributed by atoms with Crippen LogP contribution >= 0.6 is 17.0 Å². The van der Waals surface area contributed by atoms with Gasteiger partial charge in [0.25, 0.3) is 0 Å². The molecule has 0 heterocycles. The summed E-state index contributed by atoms with van der Waals surface area (Å²) in [6.45, 7) is 28.5. The molecule has 0 amide bonds. The molecule has 0 spiro atoms. The summed E-state index contributed by atoms with van der Waals surface area (Å²) in [7, 11) is 9.87. The predicted octanol–water partition coefficient (Wildman–Crippen LogP) is 27.2. The van der Waals surface area contributed by atoms with E-state index in [2.05, 4.69) is 217 Å². The quantitative estimate of drug-likeness (QED) is 0.146. The molecule has 6 aromatic carbocycles. The van der Waals surface area contributed by atoms with Crippen molar-refractivity contribution in [1.29, 1.82) is 0 Å². The Bertz CT molecular complexity index is 3880. The van der Waals surface area contributed by atoms with Gasteiger partial charge in [-0.3, -0.25) is 0 Å². The van der Waals surface area contributed by atoms with Gasteiger partial charge >= 0.3 is 37.9 Å². The third-order valence-corrected chi connectivity index (χ3v) is 24.8. The van der Waals surface area contributed by atoms with E-state index in [-0.39, 0.29) is 36.5 Å². The van der Waals surface area contributed by atoms with Gasteiger partial charge in [-0.05, 0) is 332 Å². The second kappa shape index (κ2) is 28.9. The summed E-state index contributed by atoms with van der Waals surface area (Å²) in [4.78, 5) is 0. The van der Waals surface area contributed by atoms with Crippen LogP contribution in [0.4, 0.5) is 0 Å². The molecule has 3 heteroatoms. The van der Waals surface area contributed by atoms with Gasteiger partial charge in [0.1, 0.15) is 0 Å². The maximum atomic E-state index is 4.93. The van der Waals surface area contributed by atoms with Crippen molar-refractivity contribution < 1.29 is 20.8 Å². The van der Waals surface area contributed by atoms with Crippen LogP contribution in [0.15, 0.2) is 144 Å². The summed E-state index contributed by atoms with van der Waals surface area (Å²) >= 11 is -0.826.